The molecule has 0 radical (unpaired) electrons. The molecule has 2 aromatic carbocycles. The zero-order chi connectivity index (χ0) is 23.2. The fourth-order valence-corrected chi connectivity index (χ4v) is 4.39. The third-order valence-electron chi connectivity index (χ3n) is 5.03. The summed E-state index contributed by atoms with van der Waals surface area (Å²) in [6, 6.07) is 13.6. The number of aryl methyl sites for hydroxylation is 1. The van der Waals surface area contributed by atoms with Crippen molar-refractivity contribution in [3.63, 3.8) is 0 Å². The maximum absolute atomic E-state index is 13.4. The number of carbonyl (C=O) groups excluding carboxylic acids is 2. The molecule has 0 fully saturated rings. The van der Waals surface area contributed by atoms with Gasteiger partial charge in [-0.2, -0.15) is 0 Å². The molecule has 2 rings (SSSR count). The number of hydrogen-bond donors (Lipinski definition) is 1. The monoisotopic (exact) mass is 509 g/mol. The van der Waals surface area contributed by atoms with Gasteiger partial charge in [0, 0.05) is 18.1 Å². The van der Waals surface area contributed by atoms with Gasteiger partial charge in [0.05, 0.1) is 11.9 Å². The van der Waals surface area contributed by atoms with E-state index in [9.17, 15) is 18.0 Å². The molecule has 0 aromatic heterocycles. The Balaban J connectivity index is 2.43. The molecule has 9 heteroatoms. The van der Waals surface area contributed by atoms with Gasteiger partial charge in [-0.3, -0.25) is 13.9 Å². The van der Waals surface area contributed by atoms with E-state index in [1.54, 1.807) is 24.3 Å². The van der Waals surface area contributed by atoms with Gasteiger partial charge in [-0.05, 0) is 48.7 Å². The van der Waals surface area contributed by atoms with Gasteiger partial charge in [0.2, 0.25) is 21.8 Å². The van der Waals surface area contributed by atoms with Crippen LogP contribution in [0.3, 0.4) is 0 Å². The van der Waals surface area contributed by atoms with Crippen LogP contribution in [-0.4, -0.2) is 51.0 Å². The lowest BCUT2D eigenvalue weighted by Gasteiger charge is -2.33. The summed E-state index contributed by atoms with van der Waals surface area (Å²) in [6.07, 6.45) is 1.46. The molecule has 0 aliphatic carbocycles. The van der Waals surface area contributed by atoms with Crippen LogP contribution in [0.1, 0.15) is 24.5 Å². The lowest BCUT2D eigenvalue weighted by atomic mass is 10.1. The molecule has 1 N–H and O–H groups in total. The fourth-order valence-electron chi connectivity index (χ4n) is 3.28. The molecule has 0 saturated heterocycles. The topological polar surface area (TPSA) is 86.8 Å². The summed E-state index contributed by atoms with van der Waals surface area (Å²) in [5, 5.41) is 2.60. The molecule has 0 heterocycles. The fraction of sp³-hybridized carbons (Fsp3) is 0.364. The Kier molecular flexibility index (Phi) is 8.64. The number of rotatable bonds is 9. The molecular weight excluding hydrogens is 482 g/mol. The molecule has 31 heavy (non-hydrogen) atoms. The average molecular weight is 510 g/mol. The van der Waals surface area contributed by atoms with Gasteiger partial charge in [-0.25, -0.2) is 8.42 Å². The number of carbonyl (C=O) groups is 2. The van der Waals surface area contributed by atoms with E-state index in [4.69, 9.17) is 0 Å². The second kappa shape index (κ2) is 10.8. The molecule has 2 amide bonds. The highest BCUT2D eigenvalue weighted by molar-refractivity contribution is 9.10. The van der Waals surface area contributed by atoms with Crippen molar-refractivity contribution in [1.82, 2.24) is 10.2 Å². The second-order valence-electron chi connectivity index (χ2n) is 7.23. The number of likely N-dealkylation sites (N-methyl/N-ethyl adjacent to an activating group) is 1. The summed E-state index contributed by atoms with van der Waals surface area (Å²) >= 11 is 3.33. The summed E-state index contributed by atoms with van der Waals surface area (Å²) < 4.78 is 26.8. The highest BCUT2D eigenvalue weighted by Crippen LogP contribution is 2.22. The van der Waals surface area contributed by atoms with E-state index >= 15 is 0 Å². The third-order valence-corrected chi connectivity index (χ3v) is 6.70. The number of halogens is 1. The Bertz CT molecular complexity index is 1030. The Hall–Kier alpha value is -2.39. The number of nitrogens with zero attached hydrogens (tertiary/aromatic N) is 2. The number of sulfonamides is 1. The molecular formula is C22H28BrN3O4S. The van der Waals surface area contributed by atoms with Crippen molar-refractivity contribution in [3.05, 3.63) is 64.1 Å². The first-order valence-electron chi connectivity index (χ1n) is 9.87. The minimum absolute atomic E-state index is 0.204. The minimum Gasteiger partial charge on any atom is -0.357 e. The predicted molar refractivity (Wildman–Crippen MR) is 126 cm³/mol. The highest BCUT2D eigenvalue weighted by atomic mass is 79.9. The summed E-state index contributed by atoms with van der Waals surface area (Å²) in [4.78, 5) is 27.4. The van der Waals surface area contributed by atoms with E-state index in [0.717, 1.165) is 26.2 Å². The quantitative estimate of drug-likeness (QED) is 0.562. The molecule has 0 aliphatic heterocycles. The SMILES string of the molecule is CC[C@H](C(=O)NC)N(Cc1ccccc1C)C(=O)CN(c1ccc(Br)cc1)S(C)(=O)=O. The summed E-state index contributed by atoms with van der Waals surface area (Å²) in [5.41, 5.74) is 2.26. The van der Waals surface area contributed by atoms with Crippen LogP contribution in [0, 0.1) is 6.92 Å². The van der Waals surface area contributed by atoms with Gasteiger partial charge in [-0.15, -0.1) is 0 Å². The molecule has 0 bridgehead atoms. The van der Waals surface area contributed by atoms with Gasteiger partial charge in [0.15, 0.2) is 0 Å². The molecule has 1 atom stereocenters. The summed E-state index contributed by atoms with van der Waals surface area (Å²) in [6.45, 7) is 3.56. The number of benzene rings is 2. The normalized spacial score (nSPS) is 12.2. The van der Waals surface area contributed by atoms with Crippen LogP contribution in [0.4, 0.5) is 5.69 Å². The predicted octanol–water partition coefficient (Wildman–Crippen LogP) is 3.08. The van der Waals surface area contributed by atoms with Gasteiger partial charge in [0.25, 0.3) is 0 Å². The van der Waals surface area contributed by atoms with E-state index in [1.165, 1.54) is 11.9 Å². The van der Waals surface area contributed by atoms with Gasteiger partial charge < -0.3 is 10.2 Å². The van der Waals surface area contributed by atoms with Crippen LogP contribution < -0.4 is 9.62 Å². The maximum atomic E-state index is 13.4. The third kappa shape index (κ3) is 6.54. The summed E-state index contributed by atoms with van der Waals surface area (Å²) in [5.74, 6) is -0.744. The Morgan fingerprint density at radius 1 is 1.10 bits per heavy atom. The van der Waals surface area contributed by atoms with E-state index < -0.39 is 28.5 Å². The first-order valence-corrected chi connectivity index (χ1v) is 12.5. The smallest absolute Gasteiger partial charge is 0.244 e. The van der Waals surface area contributed by atoms with Crippen molar-refractivity contribution in [2.75, 3.05) is 24.2 Å². The number of amides is 2. The van der Waals surface area contributed by atoms with Gasteiger partial charge in [0.1, 0.15) is 12.6 Å². The standard InChI is InChI=1S/C22H28BrN3O4S/c1-5-20(22(28)24-3)25(14-17-9-7-6-8-16(17)2)21(27)15-26(31(4,29)30)19-12-10-18(23)11-13-19/h6-13,20H,5,14-15H2,1-4H3,(H,24,28)/t20-/m1/s1. The van der Waals surface area contributed by atoms with Crippen LogP contribution >= 0.6 is 15.9 Å². The molecule has 0 spiro atoms. The van der Waals surface area contributed by atoms with E-state index in [-0.39, 0.29) is 12.5 Å². The molecule has 168 valence electrons. The van der Waals surface area contributed by atoms with Crippen molar-refractivity contribution in [3.8, 4) is 0 Å². The zero-order valence-electron chi connectivity index (χ0n) is 18.1. The maximum Gasteiger partial charge on any atom is 0.244 e. The molecule has 2 aromatic rings. The Morgan fingerprint density at radius 2 is 1.71 bits per heavy atom. The van der Waals surface area contributed by atoms with E-state index in [1.807, 2.05) is 38.1 Å². The van der Waals surface area contributed by atoms with Crippen molar-refractivity contribution in [2.24, 2.45) is 0 Å². The van der Waals surface area contributed by atoms with Crippen LogP contribution in [0.15, 0.2) is 53.0 Å². The Morgan fingerprint density at radius 3 is 2.23 bits per heavy atom. The number of anilines is 1. The lowest BCUT2D eigenvalue weighted by molar-refractivity contribution is -0.140. The van der Waals surface area contributed by atoms with Crippen LogP contribution in [0.2, 0.25) is 0 Å². The second-order valence-corrected chi connectivity index (χ2v) is 10.1. The van der Waals surface area contributed by atoms with Gasteiger partial charge in [-0.1, -0.05) is 47.1 Å². The molecule has 7 nitrogen and oxygen atoms in total. The zero-order valence-corrected chi connectivity index (χ0v) is 20.5. The van der Waals surface area contributed by atoms with Crippen molar-refractivity contribution < 1.29 is 18.0 Å². The molecule has 0 saturated carbocycles. The minimum atomic E-state index is -3.73. The first kappa shape index (κ1) is 24.9. The molecule has 0 unspecified atom stereocenters. The number of nitrogens with one attached hydrogen (secondary N) is 1. The van der Waals surface area contributed by atoms with Crippen LogP contribution in [-0.2, 0) is 26.2 Å². The van der Waals surface area contributed by atoms with E-state index in [0.29, 0.717) is 12.1 Å². The van der Waals surface area contributed by atoms with Gasteiger partial charge >= 0.3 is 0 Å². The highest BCUT2D eigenvalue weighted by Gasteiger charge is 2.31. The summed E-state index contributed by atoms with van der Waals surface area (Å²) in [7, 11) is -2.21. The number of hydrogen-bond acceptors (Lipinski definition) is 4. The average Bonchev–Trinajstić information content (AvgIpc) is 2.72. The molecule has 0 aliphatic rings. The van der Waals surface area contributed by atoms with Crippen molar-refractivity contribution in [1.29, 1.82) is 0 Å². The van der Waals surface area contributed by atoms with E-state index in [2.05, 4.69) is 21.2 Å². The van der Waals surface area contributed by atoms with Crippen LogP contribution in [0.5, 0.6) is 0 Å². The first-order chi connectivity index (χ1) is 14.6. The lowest BCUT2D eigenvalue weighted by Crippen LogP contribution is -2.51. The van der Waals surface area contributed by atoms with Crippen LogP contribution in [0.25, 0.3) is 0 Å². The Labute approximate surface area is 192 Å². The van der Waals surface area contributed by atoms with Crippen molar-refractivity contribution >= 4 is 43.5 Å². The van der Waals surface area contributed by atoms with Crippen molar-refractivity contribution in [2.45, 2.75) is 32.9 Å². The largest absolute Gasteiger partial charge is 0.357 e.